The van der Waals surface area contributed by atoms with Crippen LogP contribution in [0.2, 0.25) is 0 Å². The number of rotatable bonds is 10. The minimum atomic E-state index is -1.15. The number of hydrazine groups is 1. The first-order valence-corrected chi connectivity index (χ1v) is 11.9. The number of hydrogen-bond acceptors (Lipinski definition) is 10. The zero-order chi connectivity index (χ0) is 24.8. The lowest BCUT2D eigenvalue weighted by Crippen LogP contribution is -2.47. The fourth-order valence-electron chi connectivity index (χ4n) is 2.73. The maximum Gasteiger partial charge on any atom is 0.428 e. The highest BCUT2D eigenvalue weighted by molar-refractivity contribution is 7.99. The summed E-state index contributed by atoms with van der Waals surface area (Å²) in [5.74, 6) is 2.33. The van der Waals surface area contributed by atoms with Crippen LogP contribution in [0.15, 0.2) is 9.52 Å². The summed E-state index contributed by atoms with van der Waals surface area (Å²) in [4.78, 5) is 38.0. The molecule has 3 N–H and O–H groups in total. The molecule has 0 saturated heterocycles. The number of nitrogens with one attached hydrogen (secondary N) is 2. The molecule has 0 aromatic carbocycles. The normalized spacial score (nSPS) is 17.3. The van der Waals surface area contributed by atoms with Crippen LogP contribution in [0.25, 0.3) is 0 Å². The van der Waals surface area contributed by atoms with Crippen LogP contribution in [0.4, 0.5) is 9.59 Å². The van der Waals surface area contributed by atoms with Crippen molar-refractivity contribution in [3.05, 3.63) is 11.7 Å². The molecule has 0 spiro atoms. The average Bonchev–Trinajstić information content (AvgIpc) is 3.27. The molecule has 33 heavy (non-hydrogen) atoms. The van der Waals surface area contributed by atoms with Crippen LogP contribution in [0.5, 0.6) is 0 Å². The fourth-order valence-corrected chi connectivity index (χ4v) is 3.79. The van der Waals surface area contributed by atoms with Crippen LogP contribution in [-0.4, -0.2) is 61.4 Å². The maximum absolute atomic E-state index is 12.2. The van der Waals surface area contributed by atoms with Crippen LogP contribution in [0.1, 0.15) is 72.5 Å². The van der Waals surface area contributed by atoms with Crippen LogP contribution >= 0.6 is 11.8 Å². The van der Waals surface area contributed by atoms with Crippen molar-refractivity contribution in [1.29, 1.82) is 0 Å². The molecule has 0 bridgehead atoms. The van der Waals surface area contributed by atoms with Gasteiger partial charge in [0.25, 0.3) is 0 Å². The minimum absolute atomic E-state index is 0.0452. The molecule has 2 unspecified atom stereocenters. The maximum atomic E-state index is 12.2. The molecule has 1 aliphatic rings. The van der Waals surface area contributed by atoms with Gasteiger partial charge >= 0.3 is 12.2 Å². The Balaban J connectivity index is 1.96. The summed E-state index contributed by atoms with van der Waals surface area (Å²) in [5, 5.41) is 16.3. The number of hydroxylamine groups is 1. The second-order valence-electron chi connectivity index (χ2n) is 9.11. The smallest absolute Gasteiger partial charge is 0.428 e. The van der Waals surface area contributed by atoms with Crippen molar-refractivity contribution in [2.24, 2.45) is 10.9 Å². The predicted molar refractivity (Wildman–Crippen MR) is 122 cm³/mol. The number of carboxylic acid groups (broad SMARTS) is 1. The van der Waals surface area contributed by atoms with Gasteiger partial charge in [-0.1, -0.05) is 32.9 Å². The van der Waals surface area contributed by atoms with Gasteiger partial charge in [-0.3, -0.25) is 0 Å². The zero-order valence-electron chi connectivity index (χ0n) is 20.1. The molecule has 2 atom stereocenters. The average molecular weight is 487 g/mol. The lowest BCUT2D eigenvalue weighted by molar-refractivity contribution is -0.154. The van der Waals surface area contributed by atoms with Gasteiger partial charge < -0.3 is 19.7 Å². The third-order valence-electron chi connectivity index (χ3n) is 4.15. The van der Waals surface area contributed by atoms with Gasteiger partial charge in [-0.15, -0.1) is 16.9 Å². The number of nitrogens with zero attached hydrogens (tertiary/aromatic N) is 4. The SMILES string of the molecule is CC(C)C1=NC(CC(NC(=O)O)SCCc2nc(C(C)C)no2)ON1NC(=O)OC(C)(C)C. The molecule has 12 nitrogen and oxygen atoms in total. The van der Waals surface area contributed by atoms with Crippen molar-refractivity contribution >= 4 is 29.8 Å². The van der Waals surface area contributed by atoms with Gasteiger partial charge in [0.15, 0.2) is 17.9 Å². The molecular formula is C20H34N6O6S. The van der Waals surface area contributed by atoms with Crippen LogP contribution < -0.4 is 10.7 Å². The molecule has 0 saturated carbocycles. The highest BCUT2D eigenvalue weighted by Gasteiger charge is 2.33. The molecule has 2 amide bonds. The van der Waals surface area contributed by atoms with Crippen LogP contribution in [-0.2, 0) is 16.0 Å². The van der Waals surface area contributed by atoms with Gasteiger partial charge in [0.05, 0.1) is 5.37 Å². The highest BCUT2D eigenvalue weighted by Crippen LogP contribution is 2.24. The van der Waals surface area contributed by atoms with Gasteiger partial charge in [0, 0.05) is 30.4 Å². The van der Waals surface area contributed by atoms with Crippen molar-refractivity contribution in [2.75, 3.05) is 5.75 Å². The summed E-state index contributed by atoms with van der Waals surface area (Å²) in [5.41, 5.74) is 1.87. The topological polar surface area (TPSA) is 151 Å². The van der Waals surface area contributed by atoms with Gasteiger partial charge in [-0.05, 0) is 20.8 Å². The molecule has 0 fully saturated rings. The van der Waals surface area contributed by atoms with E-state index in [2.05, 4.69) is 25.9 Å². The number of carbonyl (C=O) groups is 2. The standard InChI is InChI=1S/C20H34N6O6S/c1-11(2)16-21-13(31-25-16)8-9-33-15(23-18(27)28)10-14-22-17(12(3)4)26(32-14)24-19(29)30-20(5,6)7/h11-12,14-15,23H,8-10H2,1-7H3,(H,24,29)(H,27,28). The third kappa shape index (κ3) is 9.08. The van der Waals surface area contributed by atoms with Gasteiger partial charge in [0.2, 0.25) is 5.89 Å². The predicted octanol–water partition coefficient (Wildman–Crippen LogP) is 3.52. The van der Waals surface area contributed by atoms with Crippen LogP contribution in [0, 0.1) is 5.92 Å². The Morgan fingerprint density at radius 1 is 1.24 bits per heavy atom. The molecule has 0 radical (unpaired) electrons. The number of aryl methyl sites for hydroxylation is 1. The number of carbonyl (C=O) groups excluding carboxylic acids is 1. The molecule has 13 heteroatoms. The van der Waals surface area contributed by atoms with Crippen molar-refractivity contribution in [1.82, 2.24) is 26.1 Å². The van der Waals surface area contributed by atoms with Gasteiger partial charge in [-0.2, -0.15) is 4.98 Å². The number of aliphatic imine (C=N–C) groups is 1. The van der Waals surface area contributed by atoms with Crippen molar-refractivity contribution in [3.8, 4) is 0 Å². The number of hydrogen-bond donors (Lipinski definition) is 3. The molecule has 186 valence electrons. The Kier molecular flexibility index (Phi) is 9.35. The van der Waals surface area contributed by atoms with E-state index in [1.807, 2.05) is 27.7 Å². The van der Waals surface area contributed by atoms with E-state index < -0.39 is 29.4 Å². The summed E-state index contributed by atoms with van der Waals surface area (Å²) >= 11 is 1.38. The van der Waals surface area contributed by atoms with E-state index in [9.17, 15) is 14.7 Å². The van der Waals surface area contributed by atoms with Crippen molar-refractivity contribution in [2.45, 2.75) is 84.4 Å². The summed E-state index contributed by atoms with van der Waals surface area (Å²) in [6.45, 7) is 13.0. The molecule has 1 aromatic rings. The Bertz CT molecular complexity index is 837. The van der Waals surface area contributed by atoms with E-state index in [1.165, 1.54) is 16.9 Å². The summed E-state index contributed by atoms with van der Waals surface area (Å²) in [6.07, 6.45) is -1.76. The number of amides is 2. The second-order valence-corrected chi connectivity index (χ2v) is 10.4. The lowest BCUT2D eigenvalue weighted by atomic mass is 10.2. The van der Waals surface area contributed by atoms with Crippen LogP contribution in [0.3, 0.4) is 0 Å². The molecule has 1 aliphatic heterocycles. The Morgan fingerprint density at radius 2 is 1.94 bits per heavy atom. The molecule has 0 aliphatic carbocycles. The molecule has 2 rings (SSSR count). The van der Waals surface area contributed by atoms with E-state index >= 15 is 0 Å². The van der Waals surface area contributed by atoms with Crippen molar-refractivity contribution in [3.63, 3.8) is 0 Å². The highest BCUT2D eigenvalue weighted by atomic mass is 32.2. The first-order chi connectivity index (χ1) is 15.3. The lowest BCUT2D eigenvalue weighted by Gasteiger charge is -2.25. The quantitative estimate of drug-likeness (QED) is 0.419. The largest absolute Gasteiger partial charge is 0.465 e. The second kappa shape index (κ2) is 11.5. The summed E-state index contributed by atoms with van der Waals surface area (Å²) in [7, 11) is 0. The first-order valence-electron chi connectivity index (χ1n) is 10.8. The van der Waals surface area contributed by atoms with E-state index in [4.69, 9.17) is 14.1 Å². The Morgan fingerprint density at radius 3 is 2.48 bits per heavy atom. The number of thioether (sulfide) groups is 1. The monoisotopic (exact) mass is 486 g/mol. The fraction of sp³-hybridized carbons (Fsp3) is 0.750. The zero-order valence-corrected chi connectivity index (χ0v) is 20.9. The van der Waals surface area contributed by atoms with Crippen molar-refractivity contribution < 1.29 is 28.8 Å². The number of amidine groups is 1. The molecule has 2 heterocycles. The number of aromatic nitrogens is 2. The van der Waals surface area contributed by atoms with E-state index in [0.717, 1.165) is 0 Å². The summed E-state index contributed by atoms with van der Waals surface area (Å²) in [6, 6.07) is 0. The van der Waals surface area contributed by atoms with E-state index in [1.54, 1.807) is 20.8 Å². The van der Waals surface area contributed by atoms with Gasteiger partial charge in [-0.25, -0.2) is 24.8 Å². The summed E-state index contributed by atoms with van der Waals surface area (Å²) < 4.78 is 10.5. The first kappa shape index (κ1) is 26.7. The minimum Gasteiger partial charge on any atom is -0.465 e. The molecule has 1 aromatic heterocycles. The third-order valence-corrected chi connectivity index (χ3v) is 5.31. The number of ether oxygens (including phenoxy) is 1. The Hall–Kier alpha value is -2.54. The Labute approximate surface area is 197 Å². The molecular weight excluding hydrogens is 452 g/mol. The van der Waals surface area contributed by atoms with Gasteiger partial charge in [0.1, 0.15) is 5.60 Å². The van der Waals surface area contributed by atoms with E-state index in [0.29, 0.717) is 29.7 Å². The van der Waals surface area contributed by atoms with E-state index in [-0.39, 0.29) is 18.3 Å².